The van der Waals surface area contributed by atoms with Crippen molar-refractivity contribution in [1.82, 2.24) is 0 Å². The highest BCUT2D eigenvalue weighted by Gasteiger charge is 2.52. The van der Waals surface area contributed by atoms with Gasteiger partial charge in [0, 0.05) is 6.04 Å². The standard InChI is InChI=1S/C10H17N/c11-10-5-6-4-9(10)8-3-1-2-7(6)8/h6-10H,1-5,11H2/t6-,7+,8+,9+,10+/m1/s1. The van der Waals surface area contributed by atoms with E-state index in [9.17, 15) is 0 Å². The molecule has 3 aliphatic carbocycles. The van der Waals surface area contributed by atoms with Gasteiger partial charge in [0.2, 0.25) is 0 Å². The van der Waals surface area contributed by atoms with Crippen molar-refractivity contribution in [2.45, 2.75) is 38.1 Å². The summed E-state index contributed by atoms with van der Waals surface area (Å²) >= 11 is 0. The van der Waals surface area contributed by atoms with Crippen molar-refractivity contribution < 1.29 is 0 Å². The Morgan fingerprint density at radius 1 is 0.909 bits per heavy atom. The minimum absolute atomic E-state index is 0.583. The number of hydrogen-bond acceptors (Lipinski definition) is 1. The van der Waals surface area contributed by atoms with Crippen LogP contribution >= 0.6 is 0 Å². The van der Waals surface area contributed by atoms with E-state index < -0.39 is 0 Å². The Hall–Kier alpha value is -0.0400. The molecule has 3 saturated carbocycles. The quantitative estimate of drug-likeness (QED) is 0.561. The molecule has 3 rings (SSSR count). The van der Waals surface area contributed by atoms with Crippen LogP contribution in [0.4, 0.5) is 0 Å². The van der Waals surface area contributed by atoms with E-state index >= 15 is 0 Å². The van der Waals surface area contributed by atoms with Crippen LogP contribution in [0, 0.1) is 23.7 Å². The highest BCUT2D eigenvalue weighted by Crippen LogP contribution is 2.58. The molecule has 0 saturated heterocycles. The fourth-order valence-corrected chi connectivity index (χ4v) is 4.12. The minimum atomic E-state index is 0.583. The Bertz CT molecular complexity index is 178. The van der Waals surface area contributed by atoms with Gasteiger partial charge in [0.1, 0.15) is 0 Å². The van der Waals surface area contributed by atoms with Crippen molar-refractivity contribution in [3.63, 3.8) is 0 Å². The molecule has 62 valence electrons. The number of fused-ring (bicyclic) bond motifs is 5. The van der Waals surface area contributed by atoms with Crippen LogP contribution in [0.15, 0.2) is 0 Å². The minimum Gasteiger partial charge on any atom is -0.327 e. The van der Waals surface area contributed by atoms with E-state index in [0.29, 0.717) is 6.04 Å². The lowest BCUT2D eigenvalue weighted by Crippen LogP contribution is -2.34. The molecular weight excluding hydrogens is 134 g/mol. The number of hydrogen-bond donors (Lipinski definition) is 1. The third-order valence-corrected chi connectivity index (χ3v) is 4.48. The zero-order chi connectivity index (χ0) is 7.42. The SMILES string of the molecule is N[C@H]1C[C@H]2C[C@H]1[C@H]1CCC[C@@H]21. The highest BCUT2D eigenvalue weighted by molar-refractivity contribution is 5.04. The maximum absolute atomic E-state index is 6.08. The molecule has 0 aromatic heterocycles. The van der Waals surface area contributed by atoms with Gasteiger partial charge in [-0.1, -0.05) is 6.42 Å². The first-order valence-corrected chi connectivity index (χ1v) is 5.12. The maximum atomic E-state index is 6.08. The monoisotopic (exact) mass is 151 g/mol. The maximum Gasteiger partial charge on any atom is 0.00727 e. The molecule has 11 heavy (non-hydrogen) atoms. The van der Waals surface area contributed by atoms with Crippen molar-refractivity contribution in [2.24, 2.45) is 29.4 Å². The van der Waals surface area contributed by atoms with E-state index in [1.54, 1.807) is 0 Å². The van der Waals surface area contributed by atoms with Gasteiger partial charge in [0.05, 0.1) is 0 Å². The first-order chi connectivity index (χ1) is 5.36. The van der Waals surface area contributed by atoms with E-state index in [4.69, 9.17) is 5.73 Å². The van der Waals surface area contributed by atoms with Gasteiger partial charge >= 0.3 is 0 Å². The Kier molecular flexibility index (Phi) is 1.18. The Labute approximate surface area is 68.3 Å². The van der Waals surface area contributed by atoms with Crippen LogP contribution < -0.4 is 5.73 Å². The van der Waals surface area contributed by atoms with Crippen LogP contribution in [-0.2, 0) is 0 Å². The van der Waals surface area contributed by atoms with Crippen LogP contribution in [0.3, 0.4) is 0 Å². The third kappa shape index (κ3) is 0.703. The average Bonchev–Trinajstić information content (AvgIpc) is 2.52. The molecule has 5 atom stereocenters. The highest BCUT2D eigenvalue weighted by atomic mass is 14.7. The topological polar surface area (TPSA) is 26.0 Å². The smallest absolute Gasteiger partial charge is 0.00727 e. The molecule has 0 amide bonds. The molecule has 0 heterocycles. The molecule has 0 spiro atoms. The van der Waals surface area contributed by atoms with Gasteiger partial charge in [-0.2, -0.15) is 0 Å². The van der Waals surface area contributed by atoms with Crippen molar-refractivity contribution in [2.75, 3.05) is 0 Å². The van der Waals surface area contributed by atoms with Gasteiger partial charge in [-0.15, -0.1) is 0 Å². The summed E-state index contributed by atoms with van der Waals surface area (Å²) in [6, 6.07) is 0.583. The summed E-state index contributed by atoms with van der Waals surface area (Å²) in [6.07, 6.45) is 7.36. The van der Waals surface area contributed by atoms with Gasteiger partial charge in [0.15, 0.2) is 0 Å². The molecule has 2 N–H and O–H groups in total. The summed E-state index contributed by atoms with van der Waals surface area (Å²) in [6.45, 7) is 0. The van der Waals surface area contributed by atoms with Crippen LogP contribution in [0.1, 0.15) is 32.1 Å². The normalized spacial score (nSPS) is 60.3. The zero-order valence-corrected chi connectivity index (χ0v) is 7.00. The summed E-state index contributed by atoms with van der Waals surface area (Å²) in [5, 5.41) is 0. The molecule has 2 bridgehead atoms. The van der Waals surface area contributed by atoms with Crippen LogP contribution in [0.5, 0.6) is 0 Å². The lowest BCUT2D eigenvalue weighted by molar-refractivity contribution is 0.234. The Balaban J connectivity index is 1.90. The summed E-state index contributed by atoms with van der Waals surface area (Å²) in [4.78, 5) is 0. The molecule has 0 radical (unpaired) electrons. The molecule has 0 aromatic rings. The van der Waals surface area contributed by atoms with Crippen LogP contribution in [0.25, 0.3) is 0 Å². The second-order valence-electron chi connectivity index (χ2n) is 4.82. The lowest BCUT2D eigenvalue weighted by atomic mass is 9.79. The summed E-state index contributed by atoms with van der Waals surface area (Å²) in [5.74, 6) is 4.15. The van der Waals surface area contributed by atoms with Gasteiger partial charge in [0.25, 0.3) is 0 Å². The van der Waals surface area contributed by atoms with Gasteiger partial charge in [-0.3, -0.25) is 0 Å². The van der Waals surface area contributed by atoms with Crippen molar-refractivity contribution >= 4 is 0 Å². The van der Waals surface area contributed by atoms with E-state index in [0.717, 1.165) is 23.7 Å². The summed E-state index contributed by atoms with van der Waals surface area (Å²) in [5.41, 5.74) is 6.08. The third-order valence-electron chi connectivity index (χ3n) is 4.48. The van der Waals surface area contributed by atoms with E-state index in [1.165, 1.54) is 32.1 Å². The first kappa shape index (κ1) is 6.47. The number of rotatable bonds is 0. The first-order valence-electron chi connectivity index (χ1n) is 5.12. The fraction of sp³-hybridized carbons (Fsp3) is 1.00. The molecule has 3 aliphatic rings. The van der Waals surface area contributed by atoms with E-state index in [-0.39, 0.29) is 0 Å². The zero-order valence-electron chi connectivity index (χ0n) is 7.00. The molecule has 1 nitrogen and oxygen atoms in total. The second-order valence-corrected chi connectivity index (χ2v) is 4.82. The predicted octanol–water partition coefficient (Wildman–Crippen LogP) is 1.77. The van der Waals surface area contributed by atoms with Gasteiger partial charge < -0.3 is 5.73 Å². The van der Waals surface area contributed by atoms with Crippen molar-refractivity contribution in [1.29, 1.82) is 0 Å². The molecular formula is C10H17N. The van der Waals surface area contributed by atoms with Crippen LogP contribution in [0.2, 0.25) is 0 Å². The summed E-state index contributed by atoms with van der Waals surface area (Å²) in [7, 11) is 0. The molecule has 0 aromatic carbocycles. The lowest BCUT2D eigenvalue weighted by Gasteiger charge is -2.28. The predicted molar refractivity (Wildman–Crippen MR) is 45.0 cm³/mol. The van der Waals surface area contributed by atoms with Gasteiger partial charge in [-0.25, -0.2) is 0 Å². The average molecular weight is 151 g/mol. The molecule has 0 aliphatic heterocycles. The van der Waals surface area contributed by atoms with E-state index in [1.807, 2.05) is 0 Å². The van der Waals surface area contributed by atoms with E-state index in [2.05, 4.69) is 0 Å². The molecule has 1 heteroatoms. The second kappa shape index (κ2) is 2.01. The Morgan fingerprint density at radius 3 is 2.64 bits per heavy atom. The Morgan fingerprint density at radius 2 is 1.73 bits per heavy atom. The largest absolute Gasteiger partial charge is 0.327 e. The number of nitrogens with two attached hydrogens (primary N) is 1. The summed E-state index contributed by atoms with van der Waals surface area (Å²) < 4.78 is 0. The van der Waals surface area contributed by atoms with Crippen LogP contribution in [-0.4, -0.2) is 6.04 Å². The van der Waals surface area contributed by atoms with Crippen molar-refractivity contribution in [3.8, 4) is 0 Å². The molecule has 3 fully saturated rings. The molecule has 0 unspecified atom stereocenters. The van der Waals surface area contributed by atoms with Crippen molar-refractivity contribution in [3.05, 3.63) is 0 Å². The van der Waals surface area contributed by atoms with Gasteiger partial charge in [-0.05, 0) is 49.4 Å². The fourth-order valence-electron chi connectivity index (χ4n) is 4.12.